The zero-order valence-electron chi connectivity index (χ0n) is 7.49. The standard InChI is InChI=1S/C11H9NO2/c12-11(14)6-7-1-3-9-8(5-7)2-4-10(9)13/h1-5H,6H2,(H2,12,14). The lowest BCUT2D eigenvalue weighted by Gasteiger charge is -2.01. The predicted octanol–water partition coefficient (Wildman–Crippen LogP) is 0.924. The zero-order valence-corrected chi connectivity index (χ0v) is 7.49. The number of carbonyl (C=O) groups excluding carboxylic acids is 2. The fourth-order valence-electron chi connectivity index (χ4n) is 1.54. The molecule has 2 rings (SSSR count). The minimum atomic E-state index is -0.363. The number of hydrogen-bond acceptors (Lipinski definition) is 2. The van der Waals surface area contributed by atoms with Gasteiger partial charge < -0.3 is 5.73 Å². The van der Waals surface area contributed by atoms with Crippen LogP contribution in [0.3, 0.4) is 0 Å². The lowest BCUT2D eigenvalue weighted by atomic mass is 10.0. The first-order valence-electron chi connectivity index (χ1n) is 4.30. The summed E-state index contributed by atoms with van der Waals surface area (Å²) in [6, 6.07) is 5.31. The molecule has 14 heavy (non-hydrogen) atoms. The lowest BCUT2D eigenvalue weighted by molar-refractivity contribution is -0.117. The van der Waals surface area contributed by atoms with E-state index in [0.717, 1.165) is 11.1 Å². The molecule has 3 nitrogen and oxygen atoms in total. The third-order valence-corrected chi connectivity index (χ3v) is 2.17. The summed E-state index contributed by atoms with van der Waals surface area (Å²) in [6.07, 6.45) is 3.50. The number of benzene rings is 1. The van der Waals surface area contributed by atoms with Crippen molar-refractivity contribution in [3.63, 3.8) is 0 Å². The molecule has 2 N–H and O–H groups in total. The molecule has 3 heteroatoms. The summed E-state index contributed by atoms with van der Waals surface area (Å²) in [6.45, 7) is 0. The van der Waals surface area contributed by atoms with E-state index in [1.807, 2.05) is 6.07 Å². The van der Waals surface area contributed by atoms with E-state index in [1.54, 1.807) is 18.2 Å². The van der Waals surface area contributed by atoms with Crippen LogP contribution in [0, 0.1) is 0 Å². The summed E-state index contributed by atoms with van der Waals surface area (Å²) < 4.78 is 0. The van der Waals surface area contributed by atoms with Gasteiger partial charge in [-0.2, -0.15) is 0 Å². The van der Waals surface area contributed by atoms with Crippen molar-refractivity contribution in [2.24, 2.45) is 5.73 Å². The molecule has 1 aromatic rings. The van der Waals surface area contributed by atoms with Crippen LogP contribution in [-0.2, 0) is 11.2 Å². The molecule has 1 aliphatic rings. The highest BCUT2D eigenvalue weighted by Gasteiger charge is 2.13. The van der Waals surface area contributed by atoms with Crippen LogP contribution in [0.2, 0.25) is 0 Å². The normalized spacial score (nSPS) is 13.0. The number of ketones is 1. The molecule has 1 aliphatic carbocycles. The van der Waals surface area contributed by atoms with Crippen LogP contribution in [0.1, 0.15) is 21.5 Å². The average molecular weight is 187 g/mol. The fourth-order valence-corrected chi connectivity index (χ4v) is 1.54. The molecule has 0 spiro atoms. The Balaban J connectivity index is 2.37. The average Bonchev–Trinajstić information content (AvgIpc) is 2.46. The maximum atomic E-state index is 11.2. The molecular formula is C11H9NO2. The molecule has 1 aromatic carbocycles. The Morgan fingerprint density at radius 3 is 2.79 bits per heavy atom. The first-order valence-corrected chi connectivity index (χ1v) is 4.30. The van der Waals surface area contributed by atoms with Gasteiger partial charge in [0.25, 0.3) is 0 Å². The number of allylic oxidation sites excluding steroid dienone is 1. The summed E-state index contributed by atoms with van der Waals surface area (Å²) in [5.74, 6) is -0.344. The molecule has 0 saturated carbocycles. The molecule has 70 valence electrons. The van der Waals surface area contributed by atoms with E-state index in [2.05, 4.69) is 0 Å². The number of hydrogen-bond donors (Lipinski definition) is 1. The number of rotatable bonds is 2. The van der Waals surface area contributed by atoms with Gasteiger partial charge in [-0.1, -0.05) is 24.3 Å². The topological polar surface area (TPSA) is 60.2 Å². The molecule has 0 heterocycles. The first kappa shape index (κ1) is 8.69. The van der Waals surface area contributed by atoms with Gasteiger partial charge in [-0.05, 0) is 17.2 Å². The van der Waals surface area contributed by atoms with E-state index >= 15 is 0 Å². The Hall–Kier alpha value is -1.90. The molecule has 0 saturated heterocycles. The molecule has 1 amide bonds. The first-order chi connectivity index (χ1) is 6.66. The number of fused-ring (bicyclic) bond motifs is 1. The second kappa shape index (κ2) is 3.10. The summed E-state index contributed by atoms with van der Waals surface area (Å²) in [5.41, 5.74) is 7.48. The highest BCUT2D eigenvalue weighted by molar-refractivity contribution is 6.13. The van der Waals surface area contributed by atoms with Crippen molar-refractivity contribution >= 4 is 17.8 Å². The Bertz CT molecular complexity index is 447. The monoisotopic (exact) mass is 187 g/mol. The quantitative estimate of drug-likeness (QED) is 0.748. The Labute approximate surface area is 81.2 Å². The highest BCUT2D eigenvalue weighted by atomic mass is 16.1. The summed E-state index contributed by atoms with van der Waals surface area (Å²) >= 11 is 0. The number of amides is 1. The SMILES string of the molecule is NC(=O)Cc1ccc2c(c1)C=CC2=O. The van der Waals surface area contributed by atoms with E-state index in [-0.39, 0.29) is 18.1 Å². The summed E-state index contributed by atoms with van der Waals surface area (Å²) in [4.78, 5) is 21.9. The van der Waals surface area contributed by atoms with Gasteiger partial charge in [0.1, 0.15) is 0 Å². The predicted molar refractivity (Wildman–Crippen MR) is 52.7 cm³/mol. The minimum Gasteiger partial charge on any atom is -0.369 e. The van der Waals surface area contributed by atoms with Gasteiger partial charge in [-0.3, -0.25) is 9.59 Å². The smallest absolute Gasteiger partial charge is 0.221 e. The second-order valence-electron chi connectivity index (χ2n) is 3.26. The third kappa shape index (κ3) is 1.44. The number of carbonyl (C=O) groups is 2. The molecule has 0 radical (unpaired) electrons. The number of primary amides is 1. The van der Waals surface area contributed by atoms with Crippen molar-refractivity contribution < 1.29 is 9.59 Å². The minimum absolute atomic E-state index is 0.0191. The zero-order chi connectivity index (χ0) is 10.1. The Kier molecular flexibility index (Phi) is 1.93. The van der Waals surface area contributed by atoms with E-state index in [9.17, 15) is 9.59 Å². The fraction of sp³-hybridized carbons (Fsp3) is 0.0909. The van der Waals surface area contributed by atoms with Gasteiger partial charge in [0, 0.05) is 5.56 Å². The second-order valence-corrected chi connectivity index (χ2v) is 3.26. The largest absolute Gasteiger partial charge is 0.369 e. The summed E-state index contributed by atoms with van der Waals surface area (Å²) in [7, 11) is 0. The maximum Gasteiger partial charge on any atom is 0.221 e. The van der Waals surface area contributed by atoms with Crippen LogP contribution in [0.4, 0.5) is 0 Å². The lowest BCUT2D eigenvalue weighted by Crippen LogP contribution is -2.13. The van der Waals surface area contributed by atoms with E-state index in [0.29, 0.717) is 5.56 Å². The van der Waals surface area contributed by atoms with Crippen LogP contribution in [0.15, 0.2) is 24.3 Å². The molecule has 0 fully saturated rings. The molecule has 0 bridgehead atoms. The molecule has 0 unspecified atom stereocenters. The summed E-state index contributed by atoms with van der Waals surface area (Å²) in [5, 5.41) is 0. The molecule has 0 aromatic heterocycles. The van der Waals surface area contributed by atoms with Crippen LogP contribution in [-0.4, -0.2) is 11.7 Å². The van der Waals surface area contributed by atoms with Crippen molar-refractivity contribution in [2.75, 3.05) is 0 Å². The van der Waals surface area contributed by atoms with Gasteiger partial charge in [-0.15, -0.1) is 0 Å². The van der Waals surface area contributed by atoms with Crippen LogP contribution in [0.25, 0.3) is 6.08 Å². The van der Waals surface area contributed by atoms with Crippen LogP contribution >= 0.6 is 0 Å². The van der Waals surface area contributed by atoms with Crippen molar-refractivity contribution in [3.05, 3.63) is 41.0 Å². The van der Waals surface area contributed by atoms with Crippen molar-refractivity contribution in [1.82, 2.24) is 0 Å². The molecule has 0 aliphatic heterocycles. The van der Waals surface area contributed by atoms with Gasteiger partial charge in [0.05, 0.1) is 6.42 Å². The number of nitrogens with two attached hydrogens (primary N) is 1. The van der Waals surface area contributed by atoms with Gasteiger partial charge in [0.15, 0.2) is 5.78 Å². The highest BCUT2D eigenvalue weighted by Crippen LogP contribution is 2.20. The molecular weight excluding hydrogens is 178 g/mol. The van der Waals surface area contributed by atoms with E-state index in [1.165, 1.54) is 6.08 Å². The Morgan fingerprint density at radius 1 is 1.29 bits per heavy atom. The van der Waals surface area contributed by atoms with Gasteiger partial charge in [0.2, 0.25) is 5.91 Å². The van der Waals surface area contributed by atoms with Crippen LogP contribution < -0.4 is 5.73 Å². The van der Waals surface area contributed by atoms with Crippen molar-refractivity contribution in [1.29, 1.82) is 0 Å². The van der Waals surface area contributed by atoms with Crippen LogP contribution in [0.5, 0.6) is 0 Å². The van der Waals surface area contributed by atoms with Crippen molar-refractivity contribution in [2.45, 2.75) is 6.42 Å². The van der Waals surface area contributed by atoms with E-state index in [4.69, 9.17) is 5.73 Å². The third-order valence-electron chi connectivity index (χ3n) is 2.17. The Morgan fingerprint density at radius 2 is 2.07 bits per heavy atom. The van der Waals surface area contributed by atoms with E-state index < -0.39 is 0 Å². The van der Waals surface area contributed by atoms with Gasteiger partial charge in [-0.25, -0.2) is 0 Å². The van der Waals surface area contributed by atoms with Gasteiger partial charge >= 0.3 is 0 Å². The maximum absolute atomic E-state index is 11.2. The van der Waals surface area contributed by atoms with Crippen molar-refractivity contribution in [3.8, 4) is 0 Å². The molecule has 0 atom stereocenters.